The van der Waals surface area contributed by atoms with Gasteiger partial charge in [-0.25, -0.2) is 4.98 Å². The summed E-state index contributed by atoms with van der Waals surface area (Å²) in [5, 5.41) is 12.5. The molecule has 0 spiro atoms. The van der Waals surface area contributed by atoms with Crippen LogP contribution in [0.3, 0.4) is 0 Å². The maximum Gasteiger partial charge on any atom is 0.236 e. The highest BCUT2D eigenvalue weighted by atomic mass is 16.7. The Morgan fingerprint density at radius 3 is 2.71 bits per heavy atom. The van der Waals surface area contributed by atoms with Crippen molar-refractivity contribution < 1.29 is 22.2 Å². The molecule has 1 aliphatic heterocycles. The number of amides is 1. The van der Waals surface area contributed by atoms with E-state index < -0.39 is 5.41 Å². The van der Waals surface area contributed by atoms with Crippen molar-refractivity contribution in [3.8, 4) is 22.6 Å². The van der Waals surface area contributed by atoms with Crippen LogP contribution in [0.25, 0.3) is 11.1 Å². The molecule has 1 saturated carbocycles. The Kier molecular flexibility index (Phi) is 4.67. The Bertz CT molecular complexity index is 1200. The molecule has 2 aliphatic rings. The van der Waals surface area contributed by atoms with E-state index in [1.54, 1.807) is 6.20 Å². The third-order valence-corrected chi connectivity index (χ3v) is 6.41. The smallest absolute Gasteiger partial charge is 0.236 e. The van der Waals surface area contributed by atoms with Crippen molar-refractivity contribution in [3.63, 3.8) is 0 Å². The van der Waals surface area contributed by atoms with Crippen LogP contribution in [0.4, 0.5) is 5.82 Å². The van der Waals surface area contributed by atoms with Gasteiger partial charge in [0.1, 0.15) is 5.82 Å². The fourth-order valence-electron chi connectivity index (χ4n) is 4.15. The molecule has 2 N–H and O–H groups in total. The van der Waals surface area contributed by atoms with Crippen LogP contribution in [0.1, 0.15) is 37.9 Å². The van der Waals surface area contributed by atoms with Gasteiger partial charge in [0.25, 0.3) is 0 Å². The van der Waals surface area contributed by atoms with Crippen molar-refractivity contribution in [3.05, 3.63) is 70.9 Å². The zero-order valence-corrected chi connectivity index (χ0v) is 17.6. The number of rotatable bonds is 5. The molecule has 6 nitrogen and oxygen atoms in total. The topological polar surface area (TPSA) is 80.7 Å². The lowest BCUT2D eigenvalue weighted by molar-refractivity contribution is -0.118. The van der Waals surface area contributed by atoms with Crippen LogP contribution in [0.5, 0.6) is 11.5 Å². The second kappa shape index (κ2) is 7.39. The minimum atomic E-state index is -0.545. The van der Waals surface area contributed by atoms with Crippen LogP contribution >= 0.6 is 0 Å². The van der Waals surface area contributed by atoms with Gasteiger partial charge in [0.15, 0.2) is 11.5 Å². The van der Waals surface area contributed by atoms with Crippen molar-refractivity contribution in [2.75, 3.05) is 12.1 Å². The fourth-order valence-corrected chi connectivity index (χ4v) is 4.15. The van der Waals surface area contributed by atoms with E-state index in [2.05, 4.69) is 10.3 Å². The van der Waals surface area contributed by atoms with E-state index in [4.69, 9.17) is 9.47 Å². The summed E-state index contributed by atoms with van der Waals surface area (Å²) in [6.07, 6.45) is 3.37. The molecule has 0 radical (unpaired) electrons. The highest BCUT2D eigenvalue weighted by Gasteiger charge is 2.52. The van der Waals surface area contributed by atoms with E-state index in [-0.39, 0.29) is 22.2 Å². The van der Waals surface area contributed by atoms with E-state index in [9.17, 15) is 9.90 Å². The number of carbonyl (C=O) groups is 1. The number of aliphatic hydroxyl groups is 1. The number of anilines is 1. The quantitative estimate of drug-likeness (QED) is 0.623. The Morgan fingerprint density at radius 1 is 1.13 bits per heavy atom. The zero-order valence-electron chi connectivity index (χ0n) is 17.6. The molecule has 0 bridgehead atoms. The Labute approximate surface area is 183 Å². The van der Waals surface area contributed by atoms with Crippen LogP contribution in [0.15, 0.2) is 48.7 Å². The lowest BCUT2D eigenvalue weighted by Crippen LogP contribution is -2.28. The first-order valence-corrected chi connectivity index (χ1v) is 10.4. The molecular weight excluding hydrogens is 392 g/mol. The van der Waals surface area contributed by atoms with Crippen LogP contribution in [0.2, 0.25) is 0 Å². The minimum absolute atomic E-state index is 0. The number of benzene rings is 2. The normalized spacial score (nSPS) is 15.6. The molecular formula is C25H28N2O4. The van der Waals surface area contributed by atoms with Gasteiger partial charge in [-0.1, -0.05) is 24.3 Å². The van der Waals surface area contributed by atoms with Gasteiger partial charge >= 0.3 is 0 Å². The Hall–Kier alpha value is -3.38. The first kappa shape index (κ1) is 19.6. The summed E-state index contributed by atoms with van der Waals surface area (Å²) in [7, 11) is 0. The molecule has 31 heavy (non-hydrogen) atoms. The summed E-state index contributed by atoms with van der Waals surface area (Å²) >= 11 is 0. The number of aliphatic hydroxyl groups excluding tert-OH is 1. The molecule has 3 aromatic rings. The second-order valence-corrected chi connectivity index (χ2v) is 8.23. The molecule has 0 unspecified atom stereocenters. The van der Waals surface area contributed by atoms with Crippen molar-refractivity contribution >= 4 is 11.7 Å². The molecule has 162 valence electrons. The highest BCUT2D eigenvalue weighted by molar-refractivity contribution is 6.01. The molecule has 5 rings (SSSR count). The third-order valence-electron chi connectivity index (χ3n) is 6.41. The van der Waals surface area contributed by atoms with E-state index in [1.165, 1.54) is 0 Å². The Balaban J connectivity index is 0.00000153. The summed E-state index contributed by atoms with van der Waals surface area (Å²) < 4.78 is 10.9. The van der Waals surface area contributed by atoms with Gasteiger partial charge in [-0.15, -0.1) is 0 Å². The van der Waals surface area contributed by atoms with Gasteiger partial charge in [0, 0.05) is 14.6 Å². The highest BCUT2D eigenvalue weighted by Crippen LogP contribution is 2.51. The average Bonchev–Trinajstić information content (AvgIpc) is 3.48. The maximum atomic E-state index is 13.2. The zero-order chi connectivity index (χ0) is 21.6. The summed E-state index contributed by atoms with van der Waals surface area (Å²) in [5.74, 6) is 1.94. The molecule has 6 heteroatoms. The predicted molar refractivity (Wildman–Crippen MR) is 121 cm³/mol. The number of aromatic nitrogens is 1. The van der Waals surface area contributed by atoms with Gasteiger partial charge in [-0.2, -0.15) is 0 Å². The summed E-state index contributed by atoms with van der Waals surface area (Å²) in [4.78, 5) is 17.8. The number of nitrogens with zero attached hydrogens (tertiary/aromatic N) is 1. The van der Waals surface area contributed by atoms with Gasteiger partial charge < -0.3 is 19.9 Å². The largest absolute Gasteiger partial charge is 0.454 e. The summed E-state index contributed by atoms with van der Waals surface area (Å²) in [5.41, 5.74) is 5.22. The number of carbonyl (C=O) groups excluding carboxylic acids is 1. The Morgan fingerprint density at radius 2 is 1.94 bits per heavy atom. The maximum absolute atomic E-state index is 13.2. The van der Waals surface area contributed by atoms with Crippen molar-refractivity contribution in [1.82, 2.24) is 4.98 Å². The van der Waals surface area contributed by atoms with Gasteiger partial charge in [0.2, 0.25) is 12.7 Å². The molecule has 1 aromatic heterocycles. The van der Waals surface area contributed by atoms with E-state index in [0.29, 0.717) is 17.3 Å². The molecule has 1 aliphatic carbocycles. The number of ether oxygens (including phenoxy) is 2. The monoisotopic (exact) mass is 420 g/mol. The summed E-state index contributed by atoms with van der Waals surface area (Å²) in [6.45, 7) is 4.21. The molecule has 2 aromatic carbocycles. The van der Waals surface area contributed by atoms with Crippen LogP contribution < -0.4 is 14.8 Å². The fraction of sp³-hybridized carbons (Fsp3) is 0.280. The SMILES string of the molecule is Cc1c(-c2cccc(CO)c2)cnc(NC(=O)C2(c3ccc4c(c3)OCO4)CC2)c1C.[HH].[HH]. The van der Waals surface area contributed by atoms with Crippen LogP contribution in [0, 0.1) is 13.8 Å². The molecule has 2 heterocycles. The van der Waals surface area contributed by atoms with Gasteiger partial charge in [-0.05, 0) is 72.7 Å². The summed E-state index contributed by atoms with van der Waals surface area (Å²) in [6, 6.07) is 13.5. The van der Waals surface area contributed by atoms with Crippen molar-refractivity contribution in [1.29, 1.82) is 0 Å². The number of fused-ring (bicyclic) bond motifs is 1. The van der Waals surface area contributed by atoms with Crippen LogP contribution in [-0.2, 0) is 16.8 Å². The van der Waals surface area contributed by atoms with Crippen LogP contribution in [-0.4, -0.2) is 22.8 Å². The minimum Gasteiger partial charge on any atom is -0.454 e. The van der Waals surface area contributed by atoms with Gasteiger partial charge in [0.05, 0.1) is 12.0 Å². The third kappa shape index (κ3) is 3.33. The molecule has 1 amide bonds. The predicted octanol–water partition coefficient (Wildman–Crippen LogP) is 4.75. The van der Waals surface area contributed by atoms with Gasteiger partial charge in [-0.3, -0.25) is 4.79 Å². The number of hydrogen-bond acceptors (Lipinski definition) is 5. The standard InChI is InChI=1S/C25H24N2O4.2H2/c1-15-16(2)23(26-12-20(15)18-5-3-4-17(10-18)13-28)27-24(29)25(8-9-25)19-6-7-21-22(11-19)31-14-30-21;;/h3-7,10-12,28H,8-9,13-14H2,1-2H3,(H,26,27,29);2*1H. The molecule has 0 saturated heterocycles. The average molecular weight is 421 g/mol. The van der Waals surface area contributed by atoms with E-state index >= 15 is 0 Å². The first-order chi connectivity index (χ1) is 15.0. The van der Waals surface area contributed by atoms with E-state index in [1.807, 2.05) is 56.3 Å². The first-order valence-electron chi connectivity index (χ1n) is 10.4. The lowest BCUT2D eigenvalue weighted by atomic mass is 9.94. The van der Waals surface area contributed by atoms with Crippen molar-refractivity contribution in [2.24, 2.45) is 0 Å². The number of nitrogens with one attached hydrogen (secondary N) is 1. The van der Waals surface area contributed by atoms with E-state index in [0.717, 1.165) is 46.2 Å². The second-order valence-electron chi connectivity index (χ2n) is 8.23. The molecule has 0 atom stereocenters. The number of hydrogen-bond donors (Lipinski definition) is 2. The molecule has 1 fully saturated rings. The number of pyridine rings is 1. The lowest BCUT2D eigenvalue weighted by Gasteiger charge is -2.18. The van der Waals surface area contributed by atoms with Crippen molar-refractivity contribution in [2.45, 2.75) is 38.7 Å².